The van der Waals surface area contributed by atoms with E-state index < -0.39 is 9.84 Å². The van der Waals surface area contributed by atoms with Crippen LogP contribution in [0.5, 0.6) is 0 Å². The van der Waals surface area contributed by atoms with Crippen molar-refractivity contribution in [2.24, 2.45) is 0 Å². The van der Waals surface area contributed by atoms with Gasteiger partial charge in [0.15, 0.2) is 0 Å². The standard InChI is InChI=1S/C13H30N2O2S/c1-12(8-7-9-14-13(2,3)4)15(5)10-11-18(6,16)17/h12,14H,7-11H2,1-6H3. The predicted molar refractivity (Wildman–Crippen MR) is 78.8 cm³/mol. The Kier molecular flexibility index (Phi) is 7.40. The molecule has 0 aromatic heterocycles. The number of nitrogens with one attached hydrogen (secondary N) is 1. The first-order valence-corrected chi connectivity index (χ1v) is 8.70. The second kappa shape index (κ2) is 7.46. The van der Waals surface area contributed by atoms with Gasteiger partial charge in [-0.15, -0.1) is 0 Å². The van der Waals surface area contributed by atoms with Gasteiger partial charge in [-0.1, -0.05) is 0 Å². The molecule has 0 heterocycles. The molecule has 1 atom stereocenters. The Morgan fingerprint density at radius 3 is 2.28 bits per heavy atom. The topological polar surface area (TPSA) is 49.4 Å². The molecule has 5 heteroatoms. The first kappa shape index (κ1) is 17.9. The normalized spacial score (nSPS) is 15.1. The molecule has 0 rings (SSSR count). The summed E-state index contributed by atoms with van der Waals surface area (Å²) < 4.78 is 22.2. The lowest BCUT2D eigenvalue weighted by atomic mass is 10.1. The fourth-order valence-corrected chi connectivity index (χ4v) is 2.23. The molecule has 0 bridgehead atoms. The number of sulfone groups is 1. The lowest BCUT2D eigenvalue weighted by molar-refractivity contribution is 0.253. The Hall–Kier alpha value is -0.130. The second-order valence-corrected chi connectivity index (χ2v) is 8.54. The first-order chi connectivity index (χ1) is 8.01. The van der Waals surface area contributed by atoms with Crippen molar-refractivity contribution in [1.29, 1.82) is 0 Å². The second-order valence-electron chi connectivity index (χ2n) is 6.28. The third-order valence-electron chi connectivity index (χ3n) is 3.02. The molecule has 1 N–H and O–H groups in total. The molecule has 110 valence electrons. The van der Waals surface area contributed by atoms with E-state index in [2.05, 4.69) is 37.9 Å². The maximum absolute atomic E-state index is 11.1. The maximum Gasteiger partial charge on any atom is 0.148 e. The highest BCUT2D eigenvalue weighted by molar-refractivity contribution is 7.90. The number of hydrogen-bond acceptors (Lipinski definition) is 4. The summed E-state index contributed by atoms with van der Waals surface area (Å²) >= 11 is 0. The molecule has 0 saturated carbocycles. The summed E-state index contributed by atoms with van der Waals surface area (Å²) in [5.41, 5.74) is 0.172. The number of nitrogens with zero attached hydrogens (tertiary/aromatic N) is 1. The molecule has 0 aliphatic rings. The Balaban J connectivity index is 3.78. The summed E-state index contributed by atoms with van der Waals surface area (Å²) in [6.45, 7) is 10.3. The van der Waals surface area contributed by atoms with E-state index in [1.807, 2.05) is 7.05 Å². The summed E-state index contributed by atoms with van der Waals surface area (Å²) in [7, 11) is -0.858. The van der Waals surface area contributed by atoms with Gasteiger partial charge in [0.1, 0.15) is 9.84 Å². The van der Waals surface area contributed by atoms with Gasteiger partial charge in [-0.25, -0.2) is 8.42 Å². The van der Waals surface area contributed by atoms with Gasteiger partial charge in [-0.3, -0.25) is 0 Å². The van der Waals surface area contributed by atoms with Gasteiger partial charge in [-0.2, -0.15) is 0 Å². The number of rotatable bonds is 8. The van der Waals surface area contributed by atoms with Crippen molar-refractivity contribution in [2.45, 2.75) is 52.1 Å². The van der Waals surface area contributed by atoms with Gasteiger partial charge in [0.25, 0.3) is 0 Å². The minimum Gasteiger partial charge on any atom is -0.312 e. The Bertz CT molecular complexity index is 320. The van der Waals surface area contributed by atoms with Crippen LogP contribution in [-0.2, 0) is 9.84 Å². The van der Waals surface area contributed by atoms with Gasteiger partial charge in [0.05, 0.1) is 5.75 Å². The van der Waals surface area contributed by atoms with Crippen molar-refractivity contribution in [3.63, 3.8) is 0 Å². The monoisotopic (exact) mass is 278 g/mol. The van der Waals surface area contributed by atoms with Crippen molar-refractivity contribution in [1.82, 2.24) is 10.2 Å². The zero-order valence-electron chi connectivity index (χ0n) is 12.8. The van der Waals surface area contributed by atoms with Gasteiger partial charge in [0.2, 0.25) is 0 Å². The largest absolute Gasteiger partial charge is 0.312 e. The van der Waals surface area contributed by atoms with Gasteiger partial charge in [0, 0.05) is 24.4 Å². The highest BCUT2D eigenvalue weighted by atomic mass is 32.2. The minimum absolute atomic E-state index is 0.172. The highest BCUT2D eigenvalue weighted by Gasteiger charge is 2.12. The molecular weight excluding hydrogens is 248 g/mol. The van der Waals surface area contributed by atoms with Crippen LogP contribution >= 0.6 is 0 Å². The molecule has 0 saturated heterocycles. The predicted octanol–water partition coefficient (Wildman–Crippen LogP) is 1.52. The van der Waals surface area contributed by atoms with E-state index in [9.17, 15) is 8.42 Å². The molecule has 0 aliphatic heterocycles. The summed E-state index contributed by atoms with van der Waals surface area (Å²) in [6, 6.07) is 0.425. The highest BCUT2D eigenvalue weighted by Crippen LogP contribution is 2.05. The van der Waals surface area contributed by atoms with Gasteiger partial charge < -0.3 is 10.2 Å². The molecule has 0 aromatic carbocycles. The van der Waals surface area contributed by atoms with Crippen LogP contribution in [0.4, 0.5) is 0 Å². The minimum atomic E-state index is -2.85. The molecule has 0 fully saturated rings. The van der Waals surface area contributed by atoms with Crippen LogP contribution in [0.2, 0.25) is 0 Å². The van der Waals surface area contributed by atoms with E-state index in [0.29, 0.717) is 12.6 Å². The number of hydrogen-bond donors (Lipinski definition) is 1. The lowest BCUT2D eigenvalue weighted by Gasteiger charge is -2.25. The van der Waals surface area contributed by atoms with Crippen molar-refractivity contribution in [2.75, 3.05) is 32.1 Å². The van der Waals surface area contributed by atoms with E-state index in [-0.39, 0.29) is 11.3 Å². The average Bonchev–Trinajstić information content (AvgIpc) is 2.18. The molecule has 4 nitrogen and oxygen atoms in total. The Morgan fingerprint density at radius 1 is 1.28 bits per heavy atom. The molecular formula is C13H30N2O2S. The maximum atomic E-state index is 11.1. The lowest BCUT2D eigenvalue weighted by Crippen LogP contribution is -2.37. The van der Waals surface area contributed by atoms with E-state index >= 15 is 0 Å². The van der Waals surface area contributed by atoms with Crippen LogP contribution in [0, 0.1) is 0 Å². The van der Waals surface area contributed by atoms with Gasteiger partial charge in [-0.05, 0) is 54.1 Å². The zero-order valence-corrected chi connectivity index (χ0v) is 13.6. The third kappa shape index (κ3) is 11.0. The van der Waals surface area contributed by atoms with E-state index in [1.54, 1.807) is 0 Å². The molecule has 0 aliphatic carbocycles. The molecule has 0 aromatic rings. The first-order valence-electron chi connectivity index (χ1n) is 6.64. The van der Waals surface area contributed by atoms with Crippen LogP contribution in [0.25, 0.3) is 0 Å². The van der Waals surface area contributed by atoms with Crippen LogP contribution in [0.3, 0.4) is 0 Å². The summed E-state index contributed by atoms with van der Waals surface area (Å²) in [5, 5.41) is 3.46. The van der Waals surface area contributed by atoms with Gasteiger partial charge >= 0.3 is 0 Å². The van der Waals surface area contributed by atoms with Crippen LogP contribution in [-0.4, -0.2) is 57.0 Å². The van der Waals surface area contributed by atoms with E-state index in [1.165, 1.54) is 6.26 Å². The third-order valence-corrected chi connectivity index (χ3v) is 3.95. The van der Waals surface area contributed by atoms with Crippen LogP contribution in [0.1, 0.15) is 40.5 Å². The fraction of sp³-hybridized carbons (Fsp3) is 1.00. The SMILES string of the molecule is CC(CCCNC(C)(C)C)N(C)CCS(C)(=O)=O. The molecule has 0 spiro atoms. The van der Waals surface area contributed by atoms with Crippen LogP contribution in [0.15, 0.2) is 0 Å². The quantitative estimate of drug-likeness (QED) is 0.684. The van der Waals surface area contributed by atoms with Crippen molar-refractivity contribution < 1.29 is 8.42 Å². The Morgan fingerprint density at radius 2 is 1.83 bits per heavy atom. The van der Waals surface area contributed by atoms with Crippen molar-refractivity contribution in [3.05, 3.63) is 0 Å². The summed E-state index contributed by atoms with van der Waals surface area (Å²) in [4.78, 5) is 2.12. The van der Waals surface area contributed by atoms with Crippen molar-refractivity contribution in [3.8, 4) is 0 Å². The molecule has 0 radical (unpaired) electrons. The molecule has 0 amide bonds. The van der Waals surface area contributed by atoms with E-state index in [4.69, 9.17) is 0 Å². The smallest absolute Gasteiger partial charge is 0.148 e. The molecule has 1 unspecified atom stereocenters. The molecule has 18 heavy (non-hydrogen) atoms. The van der Waals surface area contributed by atoms with E-state index in [0.717, 1.165) is 19.4 Å². The summed E-state index contributed by atoms with van der Waals surface area (Å²) in [6.07, 6.45) is 3.49. The van der Waals surface area contributed by atoms with Crippen molar-refractivity contribution >= 4 is 9.84 Å². The zero-order chi connectivity index (χ0) is 14.4. The summed E-state index contributed by atoms with van der Waals surface area (Å²) in [5.74, 6) is 0.244. The van der Waals surface area contributed by atoms with Crippen LogP contribution < -0.4 is 5.32 Å². The Labute approximate surface area is 113 Å². The average molecular weight is 278 g/mol. The fourth-order valence-electron chi connectivity index (χ4n) is 1.61.